The highest BCUT2D eigenvalue weighted by Crippen LogP contribution is 2.38. The van der Waals surface area contributed by atoms with Crippen molar-refractivity contribution in [3.63, 3.8) is 0 Å². The van der Waals surface area contributed by atoms with E-state index in [4.69, 9.17) is 9.47 Å². The van der Waals surface area contributed by atoms with E-state index in [9.17, 15) is 13.2 Å². The average Bonchev–Trinajstić information content (AvgIpc) is 3.24. The van der Waals surface area contributed by atoms with E-state index in [-0.39, 0.29) is 35.9 Å². The van der Waals surface area contributed by atoms with E-state index in [0.717, 1.165) is 5.56 Å². The maximum absolute atomic E-state index is 13.3. The Balaban J connectivity index is 1.97. The summed E-state index contributed by atoms with van der Waals surface area (Å²) >= 11 is 0. The lowest BCUT2D eigenvalue weighted by molar-refractivity contribution is -0.135. The zero-order chi connectivity index (χ0) is 22.8. The summed E-state index contributed by atoms with van der Waals surface area (Å²) in [6.07, 6.45) is 0. The van der Waals surface area contributed by atoms with Crippen molar-refractivity contribution in [1.82, 2.24) is 9.21 Å². The molecule has 2 atom stereocenters. The van der Waals surface area contributed by atoms with Gasteiger partial charge < -0.3 is 14.4 Å². The summed E-state index contributed by atoms with van der Waals surface area (Å²) in [5, 5.41) is 0. The molecule has 1 fully saturated rings. The smallest absolute Gasteiger partial charge is 0.243 e. The number of hydrogen-bond acceptors (Lipinski definition) is 5. The number of methoxy groups -OCH3 is 2. The van der Waals surface area contributed by atoms with Gasteiger partial charge in [0, 0.05) is 32.1 Å². The third-order valence-electron chi connectivity index (χ3n) is 5.94. The van der Waals surface area contributed by atoms with Crippen molar-refractivity contribution in [1.29, 1.82) is 0 Å². The summed E-state index contributed by atoms with van der Waals surface area (Å²) < 4.78 is 38.6. The first-order valence-electron chi connectivity index (χ1n) is 10.2. The van der Waals surface area contributed by atoms with Crippen LogP contribution in [0, 0.1) is 5.92 Å². The van der Waals surface area contributed by atoms with Crippen LogP contribution in [0.1, 0.15) is 25.3 Å². The van der Waals surface area contributed by atoms with Crippen LogP contribution in [-0.4, -0.2) is 63.9 Å². The Morgan fingerprint density at radius 2 is 1.68 bits per heavy atom. The van der Waals surface area contributed by atoms with E-state index in [1.165, 1.54) is 23.5 Å². The minimum absolute atomic E-state index is 0.0192. The highest BCUT2D eigenvalue weighted by Gasteiger charge is 2.44. The van der Waals surface area contributed by atoms with Gasteiger partial charge in [-0.2, -0.15) is 4.31 Å². The molecule has 1 amide bonds. The Labute approximate surface area is 184 Å². The van der Waals surface area contributed by atoms with E-state index < -0.39 is 15.9 Å². The first-order chi connectivity index (χ1) is 14.7. The van der Waals surface area contributed by atoms with Gasteiger partial charge in [-0.3, -0.25) is 4.79 Å². The third-order valence-corrected chi connectivity index (χ3v) is 7.79. The van der Waals surface area contributed by atoms with Crippen molar-refractivity contribution in [3.05, 3.63) is 54.1 Å². The van der Waals surface area contributed by atoms with Gasteiger partial charge in [-0.25, -0.2) is 8.42 Å². The molecule has 168 valence electrons. The molecule has 0 radical (unpaired) electrons. The summed E-state index contributed by atoms with van der Waals surface area (Å²) in [5.41, 5.74) is 0.891. The van der Waals surface area contributed by atoms with Crippen LogP contribution in [0.5, 0.6) is 11.5 Å². The largest absolute Gasteiger partial charge is 0.497 e. The molecule has 1 aliphatic rings. The molecule has 1 saturated heterocycles. The molecule has 2 aromatic rings. The molecule has 0 N–H and O–H groups in total. The zero-order valence-electron chi connectivity index (χ0n) is 18.6. The van der Waals surface area contributed by atoms with Gasteiger partial charge in [-0.1, -0.05) is 12.1 Å². The van der Waals surface area contributed by atoms with Crippen molar-refractivity contribution in [3.8, 4) is 11.5 Å². The van der Waals surface area contributed by atoms with Gasteiger partial charge in [0.1, 0.15) is 11.5 Å². The van der Waals surface area contributed by atoms with Gasteiger partial charge in [-0.05, 0) is 55.8 Å². The topological polar surface area (TPSA) is 76.2 Å². The number of carbonyl (C=O) groups excluding carboxylic acids is 1. The van der Waals surface area contributed by atoms with E-state index in [2.05, 4.69) is 0 Å². The number of ether oxygens (including phenoxy) is 2. The minimum atomic E-state index is -3.76. The molecular weight excluding hydrogens is 416 g/mol. The lowest BCUT2D eigenvalue weighted by atomic mass is 9.87. The second-order valence-electron chi connectivity index (χ2n) is 8.03. The number of nitrogens with zero attached hydrogens (tertiary/aromatic N) is 2. The number of sulfonamides is 1. The predicted molar refractivity (Wildman–Crippen MR) is 119 cm³/mol. The van der Waals surface area contributed by atoms with E-state index >= 15 is 0 Å². The first kappa shape index (κ1) is 23.1. The molecule has 31 heavy (non-hydrogen) atoms. The Bertz CT molecular complexity index is 1020. The standard InChI is InChI=1S/C23H30N2O5S/c1-16(2)24(3)23(26)22-15-25(14-21(22)17-7-6-8-19(13-17)30-5)31(27,28)20-11-9-18(29-4)10-12-20/h6-13,16,21-22H,14-15H2,1-5H3/t21-,22-/m0/s1. The summed E-state index contributed by atoms with van der Waals surface area (Å²) in [5.74, 6) is 0.457. The van der Waals surface area contributed by atoms with Crippen LogP contribution in [0.15, 0.2) is 53.4 Å². The molecule has 0 aromatic heterocycles. The molecule has 0 unspecified atom stereocenters. The fourth-order valence-electron chi connectivity index (χ4n) is 3.84. The molecule has 0 saturated carbocycles. The fourth-order valence-corrected chi connectivity index (χ4v) is 5.33. The van der Waals surface area contributed by atoms with Crippen LogP contribution < -0.4 is 9.47 Å². The minimum Gasteiger partial charge on any atom is -0.497 e. The number of benzene rings is 2. The second kappa shape index (κ2) is 9.28. The average molecular weight is 447 g/mol. The molecule has 1 aliphatic heterocycles. The fraction of sp³-hybridized carbons (Fsp3) is 0.435. The zero-order valence-corrected chi connectivity index (χ0v) is 19.4. The molecular formula is C23H30N2O5S. The Morgan fingerprint density at radius 1 is 1.03 bits per heavy atom. The highest BCUT2D eigenvalue weighted by atomic mass is 32.2. The lowest BCUT2D eigenvalue weighted by Crippen LogP contribution is -2.40. The van der Waals surface area contributed by atoms with Crippen LogP contribution in [-0.2, 0) is 14.8 Å². The lowest BCUT2D eigenvalue weighted by Gasteiger charge is -2.27. The molecule has 0 bridgehead atoms. The van der Waals surface area contributed by atoms with Crippen LogP contribution in [0.3, 0.4) is 0 Å². The molecule has 0 aliphatic carbocycles. The van der Waals surface area contributed by atoms with E-state index in [0.29, 0.717) is 11.5 Å². The van der Waals surface area contributed by atoms with Gasteiger partial charge >= 0.3 is 0 Å². The van der Waals surface area contributed by atoms with Crippen LogP contribution in [0.4, 0.5) is 0 Å². The Hall–Kier alpha value is -2.58. The Morgan fingerprint density at radius 3 is 2.26 bits per heavy atom. The number of hydrogen-bond donors (Lipinski definition) is 0. The highest BCUT2D eigenvalue weighted by molar-refractivity contribution is 7.89. The number of amides is 1. The summed E-state index contributed by atoms with van der Waals surface area (Å²) in [6.45, 7) is 4.24. The Kier molecular flexibility index (Phi) is 6.91. The third kappa shape index (κ3) is 4.70. The maximum Gasteiger partial charge on any atom is 0.243 e. The normalized spacial score (nSPS) is 19.4. The quantitative estimate of drug-likeness (QED) is 0.654. The monoisotopic (exact) mass is 446 g/mol. The van der Waals surface area contributed by atoms with Crippen molar-refractivity contribution < 1.29 is 22.7 Å². The molecule has 7 nitrogen and oxygen atoms in total. The van der Waals surface area contributed by atoms with Crippen molar-refractivity contribution in [2.75, 3.05) is 34.4 Å². The van der Waals surface area contributed by atoms with Crippen molar-refractivity contribution >= 4 is 15.9 Å². The molecule has 1 heterocycles. The first-order valence-corrected chi connectivity index (χ1v) is 11.7. The molecule has 0 spiro atoms. The van der Waals surface area contributed by atoms with Gasteiger partial charge in [0.15, 0.2) is 0 Å². The molecule has 3 rings (SSSR count). The van der Waals surface area contributed by atoms with E-state index in [1.54, 1.807) is 31.2 Å². The SMILES string of the molecule is COc1ccc(S(=O)(=O)N2C[C@H](C(=O)N(C)C(C)C)[C@H](c3cccc(OC)c3)C2)cc1. The van der Waals surface area contributed by atoms with E-state index in [1.807, 2.05) is 38.1 Å². The molecule has 2 aromatic carbocycles. The predicted octanol–water partition coefficient (Wildman–Crippen LogP) is 2.97. The van der Waals surface area contributed by atoms with Gasteiger partial charge in [-0.15, -0.1) is 0 Å². The van der Waals surface area contributed by atoms with Crippen LogP contribution >= 0.6 is 0 Å². The van der Waals surface area contributed by atoms with Crippen LogP contribution in [0.25, 0.3) is 0 Å². The van der Waals surface area contributed by atoms with Crippen molar-refractivity contribution in [2.45, 2.75) is 30.7 Å². The van der Waals surface area contributed by atoms with Crippen LogP contribution in [0.2, 0.25) is 0 Å². The number of carbonyl (C=O) groups is 1. The van der Waals surface area contributed by atoms with Gasteiger partial charge in [0.2, 0.25) is 15.9 Å². The molecule has 8 heteroatoms. The summed E-state index contributed by atoms with van der Waals surface area (Å²) in [7, 11) is 1.12. The summed E-state index contributed by atoms with van der Waals surface area (Å²) in [4.78, 5) is 15.1. The van der Waals surface area contributed by atoms with Gasteiger partial charge in [0.05, 0.1) is 25.0 Å². The van der Waals surface area contributed by atoms with Crippen molar-refractivity contribution in [2.24, 2.45) is 5.92 Å². The number of rotatable bonds is 7. The van der Waals surface area contributed by atoms with Gasteiger partial charge in [0.25, 0.3) is 0 Å². The second-order valence-corrected chi connectivity index (χ2v) is 9.97. The summed E-state index contributed by atoms with van der Waals surface area (Å²) in [6, 6.07) is 13.8. The maximum atomic E-state index is 13.3.